The lowest BCUT2D eigenvalue weighted by atomic mass is 10.0. The van der Waals surface area contributed by atoms with Gasteiger partial charge in [-0.3, -0.25) is 5.11 Å². The van der Waals surface area contributed by atoms with Crippen LogP contribution in [0.5, 0.6) is 5.75 Å². The first-order valence-corrected chi connectivity index (χ1v) is 8.16. The Bertz CT molecular complexity index is 676. The van der Waals surface area contributed by atoms with Gasteiger partial charge in [0.15, 0.2) is 10.1 Å². The number of hydrogen-bond acceptors (Lipinski definition) is 0. The molecule has 21 heavy (non-hydrogen) atoms. The second-order valence-electron chi connectivity index (χ2n) is 4.31. The van der Waals surface area contributed by atoms with E-state index >= 15 is 0 Å². The molecule has 0 bridgehead atoms. The van der Waals surface area contributed by atoms with E-state index < -0.39 is 18.2 Å². The van der Waals surface area contributed by atoms with Crippen molar-refractivity contribution in [2.75, 3.05) is 0 Å². The molecule has 0 N–H and O–H groups in total. The smallest absolute Gasteiger partial charge is 0.226 e. The fourth-order valence-corrected chi connectivity index (χ4v) is 3.34. The first-order chi connectivity index (χ1) is 9.50. The Morgan fingerprint density at radius 2 is 1.33 bits per heavy atom. The van der Waals surface area contributed by atoms with Gasteiger partial charge in [0.05, 0.1) is 0 Å². The number of fused-ring (bicyclic) bond motifs is 1. The van der Waals surface area contributed by atoms with E-state index in [1.165, 1.54) is 6.07 Å². The van der Waals surface area contributed by atoms with Gasteiger partial charge in [0, 0.05) is 10.9 Å². The molecule has 113 valence electrons. The van der Waals surface area contributed by atoms with Crippen molar-refractivity contribution >= 4 is 92.0 Å². The highest BCUT2D eigenvalue weighted by atomic mass is 35.6. The molecule has 2 aromatic carbocycles. The molecule has 0 unspecified atom stereocenters. The lowest BCUT2D eigenvalue weighted by Gasteiger charge is -2.37. The Hall–Kier alpha value is 0.530. The van der Waals surface area contributed by atoms with Crippen molar-refractivity contribution in [1.82, 2.24) is 0 Å². The lowest BCUT2D eigenvalue weighted by Crippen LogP contribution is -2.45. The average Bonchev–Trinajstić information content (AvgIpc) is 2.37. The maximum Gasteiger partial charge on any atom is 0.226 e. The van der Waals surface area contributed by atoms with Gasteiger partial charge in [-0.25, -0.2) is 0 Å². The van der Waals surface area contributed by atoms with Gasteiger partial charge >= 0.3 is 0 Å². The third-order valence-electron chi connectivity index (χ3n) is 2.97. The van der Waals surface area contributed by atoms with E-state index in [2.05, 4.69) is 0 Å². The van der Waals surface area contributed by atoms with E-state index in [9.17, 15) is 5.11 Å². The molecule has 0 aromatic heterocycles. The van der Waals surface area contributed by atoms with Gasteiger partial charge in [-0.1, -0.05) is 118 Å². The van der Waals surface area contributed by atoms with Gasteiger partial charge in [-0.2, -0.15) is 0 Å². The Morgan fingerprint density at radius 1 is 0.762 bits per heavy atom. The highest BCUT2D eigenvalue weighted by Crippen LogP contribution is 2.62. The monoisotopic (exact) mass is 423 g/mol. The summed E-state index contributed by atoms with van der Waals surface area (Å²) in [4.78, 5) is 0. The van der Waals surface area contributed by atoms with E-state index in [0.717, 1.165) is 5.39 Å². The Balaban J connectivity index is 2.68. The number of rotatable bonds is 2. The summed E-state index contributed by atoms with van der Waals surface area (Å²) in [7, 11) is 0. The van der Waals surface area contributed by atoms with Crippen molar-refractivity contribution in [3.8, 4) is 5.75 Å². The summed E-state index contributed by atoms with van der Waals surface area (Å²) >= 11 is 41.6. The molecular formula is C13H6Cl7O. The number of alkyl halides is 7. The number of benzene rings is 2. The number of halogens is 7. The van der Waals surface area contributed by atoms with Gasteiger partial charge in [0.1, 0.15) is 0 Å². The molecule has 0 aliphatic carbocycles. The molecule has 2 aromatic rings. The van der Waals surface area contributed by atoms with Crippen molar-refractivity contribution in [2.45, 2.75) is 12.5 Å². The highest BCUT2D eigenvalue weighted by Gasteiger charge is 2.61. The van der Waals surface area contributed by atoms with E-state index in [1.807, 2.05) is 0 Å². The van der Waals surface area contributed by atoms with Crippen molar-refractivity contribution in [1.29, 1.82) is 0 Å². The molecule has 2 rings (SSSR count). The molecule has 1 nitrogen and oxygen atoms in total. The van der Waals surface area contributed by atoms with Crippen molar-refractivity contribution in [3.05, 3.63) is 42.0 Å². The molecule has 0 aliphatic rings. The summed E-state index contributed by atoms with van der Waals surface area (Å²) in [6.07, 6.45) is 0. The quantitative estimate of drug-likeness (QED) is 0.454. The van der Waals surface area contributed by atoms with Crippen molar-refractivity contribution in [3.63, 3.8) is 0 Å². The average molecular weight is 426 g/mol. The van der Waals surface area contributed by atoms with Crippen LogP contribution in [0.4, 0.5) is 0 Å². The molecule has 0 saturated carbocycles. The van der Waals surface area contributed by atoms with Crippen LogP contribution < -0.4 is 0 Å². The van der Waals surface area contributed by atoms with Gasteiger partial charge in [0.2, 0.25) is 8.13 Å². The fourth-order valence-electron chi connectivity index (χ4n) is 1.84. The molecule has 0 heterocycles. The zero-order valence-electron chi connectivity index (χ0n) is 10.0. The second kappa shape index (κ2) is 5.87. The molecule has 0 amide bonds. The third kappa shape index (κ3) is 2.99. The van der Waals surface area contributed by atoms with Crippen LogP contribution in [0.2, 0.25) is 0 Å². The molecule has 0 atom stereocenters. The topological polar surface area (TPSA) is 19.9 Å². The van der Waals surface area contributed by atoms with Crippen LogP contribution >= 0.6 is 81.2 Å². The van der Waals surface area contributed by atoms with Crippen LogP contribution in [0.1, 0.15) is 5.56 Å². The van der Waals surface area contributed by atoms with Crippen LogP contribution in [0.3, 0.4) is 0 Å². The van der Waals surface area contributed by atoms with Gasteiger partial charge in [-0.05, 0) is 5.39 Å². The summed E-state index contributed by atoms with van der Waals surface area (Å²) in [6.45, 7) is 0. The van der Waals surface area contributed by atoms with Gasteiger partial charge < -0.3 is 0 Å². The SMILES string of the molecule is [O]c1c(C(Cl)(Cl)C(Cl)(Cl)C(Cl)(Cl)Cl)ccc2ccccc12. The van der Waals surface area contributed by atoms with Crippen LogP contribution in [-0.4, -0.2) is 8.13 Å². The molecule has 0 fully saturated rings. The predicted octanol–water partition coefficient (Wildman–Crippen LogP) is 7.16. The Labute approximate surface area is 156 Å². The molecule has 0 aliphatic heterocycles. The predicted molar refractivity (Wildman–Crippen MR) is 92.2 cm³/mol. The first-order valence-electron chi connectivity index (χ1n) is 5.52. The number of hydrogen-bond donors (Lipinski definition) is 0. The maximum atomic E-state index is 12.5. The standard InChI is InChI=1S/C13H6Cl7O/c14-11(15,12(16,17)13(18,19)20)9-6-5-7-3-1-2-4-8(7)10(9)21/h1-6H. The summed E-state index contributed by atoms with van der Waals surface area (Å²) in [6, 6.07) is 9.99. The summed E-state index contributed by atoms with van der Waals surface area (Å²) in [5, 5.41) is 13.7. The van der Waals surface area contributed by atoms with E-state index in [4.69, 9.17) is 81.2 Å². The molecular weight excluding hydrogens is 420 g/mol. The molecule has 8 heteroatoms. The minimum absolute atomic E-state index is 0.0686. The van der Waals surface area contributed by atoms with E-state index in [1.54, 1.807) is 30.3 Å². The largest absolute Gasteiger partial charge is 0.289 e. The summed E-state index contributed by atoms with van der Waals surface area (Å²) < 4.78 is -6.57. The van der Waals surface area contributed by atoms with Crippen LogP contribution in [0.15, 0.2) is 36.4 Å². The van der Waals surface area contributed by atoms with E-state index in [0.29, 0.717) is 5.39 Å². The lowest BCUT2D eigenvalue weighted by molar-refractivity contribution is 0.352. The highest BCUT2D eigenvalue weighted by molar-refractivity contribution is 6.78. The van der Waals surface area contributed by atoms with Gasteiger partial charge in [-0.15, -0.1) is 0 Å². The summed E-state index contributed by atoms with van der Waals surface area (Å²) in [5.41, 5.74) is -0.0686. The molecule has 0 spiro atoms. The zero-order chi connectivity index (χ0) is 16.1. The molecule has 1 radical (unpaired) electrons. The normalized spacial score (nSPS) is 13.7. The Kier molecular flexibility index (Phi) is 5.00. The zero-order valence-corrected chi connectivity index (χ0v) is 15.3. The van der Waals surface area contributed by atoms with Crippen LogP contribution in [0, 0.1) is 0 Å². The minimum atomic E-state index is -2.24. The van der Waals surface area contributed by atoms with Crippen molar-refractivity contribution in [2.24, 2.45) is 0 Å². The van der Waals surface area contributed by atoms with Crippen LogP contribution in [0.25, 0.3) is 10.8 Å². The van der Waals surface area contributed by atoms with E-state index in [-0.39, 0.29) is 5.56 Å². The van der Waals surface area contributed by atoms with Crippen LogP contribution in [-0.2, 0) is 9.44 Å². The molecule has 0 saturated heterocycles. The van der Waals surface area contributed by atoms with Crippen molar-refractivity contribution < 1.29 is 5.11 Å². The maximum absolute atomic E-state index is 12.5. The first kappa shape index (κ1) is 17.9. The third-order valence-corrected chi connectivity index (χ3v) is 6.89. The summed E-state index contributed by atoms with van der Waals surface area (Å²) in [5.74, 6) is -0.432. The fraction of sp³-hybridized carbons (Fsp3) is 0.231. The van der Waals surface area contributed by atoms with Gasteiger partial charge in [0.25, 0.3) is 0 Å². The Morgan fingerprint density at radius 3 is 1.90 bits per heavy atom. The minimum Gasteiger partial charge on any atom is -0.289 e. The second-order valence-corrected chi connectivity index (χ2v) is 9.25.